The summed E-state index contributed by atoms with van der Waals surface area (Å²) < 4.78 is 97.7. The molecule has 0 radical (unpaired) electrons. The zero-order valence-electron chi connectivity index (χ0n) is 36.7. The van der Waals surface area contributed by atoms with Crippen LogP contribution in [0.1, 0.15) is 22.3 Å². The zero-order chi connectivity index (χ0) is 46.6. The molecule has 0 fully saturated rings. The molecule has 3 aromatic heterocycles. The van der Waals surface area contributed by atoms with Crippen LogP contribution in [-0.2, 0) is 12.4 Å². The molecular formula is C58H38BF6N3. The Hall–Kier alpha value is -7.98. The van der Waals surface area contributed by atoms with E-state index in [9.17, 15) is 0 Å². The summed E-state index contributed by atoms with van der Waals surface area (Å²) in [6.45, 7) is 1.64. The summed E-state index contributed by atoms with van der Waals surface area (Å²) in [6.07, 6.45) is -9.69. The van der Waals surface area contributed by atoms with Gasteiger partial charge in [0.25, 0.3) is 0 Å². The van der Waals surface area contributed by atoms with Crippen molar-refractivity contribution in [1.82, 2.24) is 13.7 Å². The second-order valence-electron chi connectivity index (χ2n) is 17.5. The highest BCUT2D eigenvalue weighted by Gasteiger charge is 2.43. The van der Waals surface area contributed by atoms with Gasteiger partial charge in [-0.3, -0.25) is 0 Å². The zero-order valence-corrected chi connectivity index (χ0v) is 36.7. The van der Waals surface area contributed by atoms with E-state index in [4.69, 9.17) is 0 Å². The number of alkyl halides is 6. The third-order valence-electron chi connectivity index (χ3n) is 13.7. The Morgan fingerprint density at radius 1 is 0.338 bits per heavy atom. The Morgan fingerprint density at radius 3 is 1.28 bits per heavy atom. The van der Waals surface area contributed by atoms with Gasteiger partial charge in [-0.25, -0.2) is 0 Å². The molecule has 0 saturated carbocycles. The summed E-state index contributed by atoms with van der Waals surface area (Å²) >= 11 is 0. The van der Waals surface area contributed by atoms with Gasteiger partial charge in [0.15, 0.2) is 0 Å². The minimum Gasteiger partial charge on any atom is -0.309 e. The average molecular weight is 902 g/mol. The number of nitrogens with zero attached hydrogens (tertiary/aromatic N) is 3. The highest BCUT2D eigenvalue weighted by molar-refractivity contribution is 6.96. The quantitative estimate of drug-likeness (QED) is 0.117. The minimum absolute atomic E-state index is 0.213. The lowest BCUT2D eigenvalue weighted by Gasteiger charge is -2.26. The number of halogens is 6. The lowest BCUT2D eigenvalue weighted by molar-refractivity contribution is -0.137. The Bertz CT molecular complexity index is 3910. The highest BCUT2D eigenvalue weighted by Crippen LogP contribution is 2.43. The first-order valence-corrected chi connectivity index (χ1v) is 22.4. The first kappa shape index (κ1) is 41.5. The molecule has 10 heteroatoms. The number of rotatable bonds is 6. The van der Waals surface area contributed by atoms with E-state index in [0.29, 0.717) is 10.8 Å². The van der Waals surface area contributed by atoms with E-state index >= 15 is 26.3 Å². The van der Waals surface area contributed by atoms with Crippen LogP contribution in [0.3, 0.4) is 0 Å². The van der Waals surface area contributed by atoms with Gasteiger partial charge in [0.2, 0.25) is 6.71 Å². The maximum Gasteiger partial charge on any atom is 0.415 e. The summed E-state index contributed by atoms with van der Waals surface area (Å²) in [5, 5.41) is 5.78. The van der Waals surface area contributed by atoms with E-state index in [0.717, 1.165) is 89.2 Å². The van der Waals surface area contributed by atoms with Crippen LogP contribution in [-0.4, -0.2) is 20.4 Å². The fourth-order valence-electron chi connectivity index (χ4n) is 10.9. The molecule has 0 unspecified atom stereocenters. The van der Waals surface area contributed by atoms with E-state index in [1.165, 1.54) is 38.1 Å². The van der Waals surface area contributed by atoms with Gasteiger partial charge in [-0.15, -0.1) is 0 Å². The van der Waals surface area contributed by atoms with Crippen molar-refractivity contribution in [2.75, 3.05) is 0 Å². The monoisotopic (exact) mass is 901 g/mol. The maximum absolute atomic E-state index is 15.2. The molecule has 68 heavy (non-hydrogen) atoms. The van der Waals surface area contributed by atoms with Crippen LogP contribution in [0.15, 0.2) is 194 Å². The van der Waals surface area contributed by atoms with Crippen molar-refractivity contribution in [3.63, 3.8) is 0 Å². The highest BCUT2D eigenvalue weighted by atomic mass is 19.4. The molecule has 0 amide bonds. The Kier molecular flexibility index (Phi) is 9.32. The lowest BCUT2D eigenvalue weighted by atomic mass is 9.34. The SMILES string of the molecule is Cc1cccc(C(F)(F)F)c1B(c1ccc2c(c1)c1cc(-n3c4ccccc4c4ccc5c6ccccc6n(-c6ccccc6)c5c43)ccc1n2-c1ccccc1)c1c(C)cccc1C(F)(F)F. The molecular weight excluding hydrogens is 863 g/mol. The molecule has 12 aromatic rings. The van der Waals surface area contributed by atoms with Crippen LogP contribution in [0, 0.1) is 13.8 Å². The van der Waals surface area contributed by atoms with Crippen LogP contribution in [0.25, 0.3) is 82.5 Å². The molecule has 9 aromatic carbocycles. The summed E-state index contributed by atoms with van der Waals surface area (Å²) in [6, 6.07) is 60.4. The normalized spacial score (nSPS) is 12.4. The van der Waals surface area contributed by atoms with E-state index in [2.05, 4.69) is 92.6 Å². The van der Waals surface area contributed by atoms with Crippen LogP contribution >= 0.6 is 0 Å². The number of hydrogen-bond acceptors (Lipinski definition) is 0. The molecule has 0 atom stereocenters. The van der Waals surface area contributed by atoms with Crippen LogP contribution < -0.4 is 16.4 Å². The van der Waals surface area contributed by atoms with Crippen LogP contribution in [0.5, 0.6) is 0 Å². The van der Waals surface area contributed by atoms with Gasteiger partial charge < -0.3 is 13.7 Å². The predicted octanol–water partition coefficient (Wildman–Crippen LogP) is 14.1. The standard InChI is InChI=1S/C58H38BF6N3/c1-35-15-13-23-47(57(60,61)62)53(35)59(54-36(2)16-14-24-48(54)58(63,64)65)37-27-31-51-45(33-37)46-34-40(28-32-52(46)66(51)38-17-5-3-6-18-38)68-50-26-12-10-22-42(50)44-30-29-43-41-21-9-11-25-49(41)67(55(43)56(44)68)39-19-7-4-8-20-39/h3-34H,1-2H3. The topological polar surface area (TPSA) is 14.8 Å². The predicted molar refractivity (Wildman–Crippen MR) is 266 cm³/mol. The minimum atomic E-state index is -4.84. The summed E-state index contributed by atoms with van der Waals surface area (Å²) in [4.78, 5) is 0. The van der Waals surface area contributed by atoms with Gasteiger partial charge in [-0.1, -0.05) is 161 Å². The fourth-order valence-corrected chi connectivity index (χ4v) is 10.9. The Morgan fingerprint density at radius 2 is 0.765 bits per heavy atom. The van der Waals surface area contributed by atoms with Crippen molar-refractivity contribution in [3.05, 3.63) is 216 Å². The van der Waals surface area contributed by atoms with Crippen LogP contribution in [0.2, 0.25) is 0 Å². The van der Waals surface area contributed by atoms with E-state index in [-0.39, 0.29) is 22.1 Å². The van der Waals surface area contributed by atoms with E-state index < -0.39 is 30.2 Å². The van der Waals surface area contributed by atoms with Crippen molar-refractivity contribution in [3.8, 4) is 17.1 Å². The van der Waals surface area contributed by atoms with Crippen molar-refractivity contribution < 1.29 is 26.3 Å². The van der Waals surface area contributed by atoms with Gasteiger partial charge in [0.05, 0.1) is 44.2 Å². The van der Waals surface area contributed by atoms with E-state index in [1.54, 1.807) is 6.07 Å². The second kappa shape index (κ2) is 15.3. The first-order valence-electron chi connectivity index (χ1n) is 22.4. The number of aromatic nitrogens is 3. The molecule has 0 aliphatic heterocycles. The van der Waals surface area contributed by atoms with Gasteiger partial charge in [0, 0.05) is 49.4 Å². The van der Waals surface area contributed by atoms with E-state index in [1.807, 2.05) is 72.8 Å². The molecule has 3 heterocycles. The number of hydrogen-bond donors (Lipinski definition) is 0. The molecule has 0 bridgehead atoms. The van der Waals surface area contributed by atoms with Crippen molar-refractivity contribution >= 4 is 88.5 Å². The van der Waals surface area contributed by atoms with Gasteiger partial charge >= 0.3 is 12.4 Å². The molecule has 330 valence electrons. The molecule has 0 aliphatic rings. The number of para-hydroxylation sites is 4. The molecule has 0 saturated heterocycles. The van der Waals surface area contributed by atoms with Gasteiger partial charge in [-0.2, -0.15) is 26.3 Å². The third-order valence-corrected chi connectivity index (χ3v) is 13.7. The van der Waals surface area contributed by atoms with Crippen LogP contribution in [0.4, 0.5) is 26.3 Å². The second-order valence-corrected chi connectivity index (χ2v) is 17.5. The number of fused-ring (bicyclic) bond motifs is 10. The molecule has 0 spiro atoms. The summed E-state index contributed by atoms with van der Waals surface area (Å²) in [5.41, 5.74) is 6.75. The van der Waals surface area contributed by atoms with Gasteiger partial charge in [0.1, 0.15) is 0 Å². The smallest absolute Gasteiger partial charge is 0.309 e. The van der Waals surface area contributed by atoms with Crippen molar-refractivity contribution in [2.24, 2.45) is 0 Å². The number of aryl methyl sites for hydroxylation is 2. The largest absolute Gasteiger partial charge is 0.415 e. The number of benzene rings is 9. The fraction of sp³-hybridized carbons (Fsp3) is 0.0690. The molecule has 0 aliphatic carbocycles. The lowest BCUT2D eigenvalue weighted by Crippen LogP contribution is -2.57. The summed E-state index contributed by atoms with van der Waals surface area (Å²) in [7, 11) is 0. The van der Waals surface area contributed by atoms with Crippen molar-refractivity contribution in [1.29, 1.82) is 0 Å². The third kappa shape index (κ3) is 6.30. The first-order chi connectivity index (χ1) is 32.9. The van der Waals surface area contributed by atoms with Crippen molar-refractivity contribution in [2.45, 2.75) is 26.2 Å². The summed E-state index contributed by atoms with van der Waals surface area (Å²) in [5.74, 6) is 0. The average Bonchev–Trinajstić information content (AvgIpc) is 3.98. The Labute approximate surface area is 386 Å². The molecule has 0 N–H and O–H groups in total. The molecule has 12 rings (SSSR count). The Balaban J connectivity index is 1.20. The van der Waals surface area contributed by atoms with Gasteiger partial charge in [-0.05, 0) is 74.5 Å². The molecule has 3 nitrogen and oxygen atoms in total. The maximum atomic E-state index is 15.2.